The summed E-state index contributed by atoms with van der Waals surface area (Å²) in [6, 6.07) is 8.79. The van der Waals surface area contributed by atoms with Crippen molar-refractivity contribution in [2.45, 2.75) is 12.3 Å². The van der Waals surface area contributed by atoms with Gasteiger partial charge in [-0.15, -0.1) is 11.8 Å². The number of benzene rings is 1. The van der Waals surface area contributed by atoms with Crippen LogP contribution < -0.4 is 5.32 Å². The van der Waals surface area contributed by atoms with Gasteiger partial charge in [-0.2, -0.15) is 5.26 Å². The molecular weight excluding hydrogens is 248 g/mol. The molecule has 0 spiro atoms. The van der Waals surface area contributed by atoms with Crippen molar-refractivity contribution in [1.82, 2.24) is 5.32 Å². The van der Waals surface area contributed by atoms with Gasteiger partial charge in [0.1, 0.15) is 5.75 Å². The van der Waals surface area contributed by atoms with Crippen molar-refractivity contribution in [3.8, 4) is 11.8 Å². The molecule has 0 saturated carbocycles. The molecule has 18 heavy (non-hydrogen) atoms. The fraction of sp³-hybridized carbons (Fsp3) is 0.231. The number of carbonyl (C=O) groups is 1. The molecule has 1 unspecified atom stereocenters. The zero-order valence-electron chi connectivity index (χ0n) is 9.80. The summed E-state index contributed by atoms with van der Waals surface area (Å²) < 4.78 is 0. The molecule has 1 heterocycles. The second-order valence-electron chi connectivity index (χ2n) is 3.96. The Morgan fingerprint density at radius 2 is 2.11 bits per heavy atom. The van der Waals surface area contributed by atoms with E-state index in [4.69, 9.17) is 0 Å². The maximum absolute atomic E-state index is 11.6. The van der Waals surface area contributed by atoms with E-state index < -0.39 is 0 Å². The third-order valence-electron chi connectivity index (χ3n) is 2.86. The maximum Gasteiger partial charge on any atom is 0.225 e. The van der Waals surface area contributed by atoms with Crippen molar-refractivity contribution < 1.29 is 9.90 Å². The molecule has 0 saturated heterocycles. The Morgan fingerprint density at radius 3 is 2.67 bits per heavy atom. The quantitative estimate of drug-likeness (QED) is 0.854. The van der Waals surface area contributed by atoms with Gasteiger partial charge in [-0.25, -0.2) is 0 Å². The molecule has 0 aromatic heterocycles. The van der Waals surface area contributed by atoms with Crippen molar-refractivity contribution >= 4 is 17.7 Å². The number of thioether (sulfide) groups is 1. The van der Waals surface area contributed by atoms with Gasteiger partial charge in [0.15, 0.2) is 0 Å². The number of nitrogens with zero attached hydrogens (tertiary/aromatic N) is 1. The topological polar surface area (TPSA) is 73.1 Å². The van der Waals surface area contributed by atoms with E-state index in [1.165, 1.54) is 11.8 Å². The predicted molar refractivity (Wildman–Crippen MR) is 69.8 cm³/mol. The molecule has 0 aliphatic carbocycles. The number of aromatic hydroxyl groups is 1. The highest BCUT2D eigenvalue weighted by Crippen LogP contribution is 2.35. The number of hydrogen-bond acceptors (Lipinski definition) is 4. The van der Waals surface area contributed by atoms with Crippen LogP contribution in [0.2, 0.25) is 0 Å². The first kappa shape index (κ1) is 12.5. The maximum atomic E-state index is 11.6. The third-order valence-corrected chi connectivity index (χ3v) is 3.59. The van der Waals surface area contributed by atoms with Gasteiger partial charge in [0, 0.05) is 12.3 Å². The van der Waals surface area contributed by atoms with E-state index in [0.717, 1.165) is 5.56 Å². The minimum Gasteiger partial charge on any atom is -0.508 e. The smallest absolute Gasteiger partial charge is 0.225 e. The fourth-order valence-corrected chi connectivity index (χ4v) is 2.60. The Bertz CT molecular complexity index is 543. The lowest BCUT2D eigenvalue weighted by Crippen LogP contribution is -2.30. The lowest BCUT2D eigenvalue weighted by atomic mass is 9.87. The van der Waals surface area contributed by atoms with E-state index in [1.54, 1.807) is 24.3 Å². The normalized spacial score (nSPS) is 19.3. The number of phenols is 1. The molecule has 1 aliphatic rings. The second-order valence-corrected chi connectivity index (χ2v) is 4.77. The lowest BCUT2D eigenvalue weighted by Gasteiger charge is -2.24. The van der Waals surface area contributed by atoms with E-state index in [0.29, 0.717) is 10.6 Å². The number of hydrogen-bond donors (Lipinski definition) is 2. The lowest BCUT2D eigenvalue weighted by molar-refractivity contribution is -0.120. The molecule has 4 nitrogen and oxygen atoms in total. The molecule has 2 rings (SSSR count). The summed E-state index contributed by atoms with van der Waals surface area (Å²) in [5.41, 5.74) is 1.44. The van der Waals surface area contributed by atoms with Crippen molar-refractivity contribution in [3.63, 3.8) is 0 Å². The summed E-state index contributed by atoms with van der Waals surface area (Å²) in [6.45, 7) is 0. The summed E-state index contributed by atoms with van der Waals surface area (Å²) in [6.07, 6.45) is 2.09. The van der Waals surface area contributed by atoms with Crippen LogP contribution in [0.5, 0.6) is 5.75 Å². The predicted octanol–water partition coefficient (Wildman–Crippen LogP) is 2.09. The van der Waals surface area contributed by atoms with Crippen LogP contribution in [0.1, 0.15) is 17.9 Å². The number of nitriles is 1. The molecular formula is C13H12N2O2S. The molecule has 0 bridgehead atoms. The molecule has 1 amide bonds. The molecule has 1 aromatic carbocycles. The van der Waals surface area contributed by atoms with Gasteiger partial charge in [0.25, 0.3) is 0 Å². The average Bonchev–Trinajstić information content (AvgIpc) is 2.38. The van der Waals surface area contributed by atoms with Crippen molar-refractivity contribution in [2.24, 2.45) is 0 Å². The molecule has 92 valence electrons. The molecule has 2 N–H and O–H groups in total. The van der Waals surface area contributed by atoms with Crippen LogP contribution in [0.15, 0.2) is 34.9 Å². The van der Waals surface area contributed by atoms with E-state index >= 15 is 0 Å². The minimum atomic E-state index is -0.230. The highest BCUT2D eigenvalue weighted by molar-refractivity contribution is 8.02. The molecule has 5 heteroatoms. The Balaban J connectivity index is 2.45. The van der Waals surface area contributed by atoms with E-state index in [1.807, 2.05) is 6.26 Å². The van der Waals surface area contributed by atoms with Gasteiger partial charge in [0.2, 0.25) is 5.91 Å². The molecule has 0 radical (unpaired) electrons. The van der Waals surface area contributed by atoms with Crippen LogP contribution in [0, 0.1) is 11.3 Å². The first-order chi connectivity index (χ1) is 8.65. The van der Waals surface area contributed by atoms with Gasteiger partial charge in [-0.05, 0) is 24.0 Å². The third kappa shape index (κ3) is 2.34. The summed E-state index contributed by atoms with van der Waals surface area (Å²) in [7, 11) is 0. The second kappa shape index (κ2) is 5.15. The van der Waals surface area contributed by atoms with Gasteiger partial charge < -0.3 is 10.4 Å². The zero-order valence-corrected chi connectivity index (χ0v) is 10.6. The van der Waals surface area contributed by atoms with E-state index in [9.17, 15) is 15.2 Å². The fourth-order valence-electron chi connectivity index (χ4n) is 1.97. The van der Waals surface area contributed by atoms with Crippen LogP contribution in [0.4, 0.5) is 0 Å². The monoisotopic (exact) mass is 260 g/mol. The standard InChI is InChI=1S/C13H12N2O2S/c1-18-13-11(7-14)10(6-12(17)15-13)8-2-4-9(16)5-3-8/h2-5,10,16H,6H2,1H3,(H,15,17). The van der Waals surface area contributed by atoms with Crippen LogP contribution in [0.25, 0.3) is 0 Å². The highest BCUT2D eigenvalue weighted by Gasteiger charge is 2.28. The highest BCUT2D eigenvalue weighted by atomic mass is 32.2. The molecule has 0 fully saturated rings. The molecule has 1 aliphatic heterocycles. The first-order valence-corrected chi connectivity index (χ1v) is 6.65. The summed E-state index contributed by atoms with van der Waals surface area (Å²) >= 11 is 1.36. The Morgan fingerprint density at radius 1 is 1.44 bits per heavy atom. The van der Waals surface area contributed by atoms with E-state index in [2.05, 4.69) is 11.4 Å². The number of allylic oxidation sites excluding steroid dienone is 1. The minimum absolute atomic E-state index is 0.0866. The Kier molecular flexibility index (Phi) is 3.58. The number of nitrogens with one attached hydrogen (secondary N) is 1. The van der Waals surface area contributed by atoms with Crippen LogP contribution in [0.3, 0.4) is 0 Å². The van der Waals surface area contributed by atoms with Crippen molar-refractivity contribution in [2.75, 3.05) is 6.26 Å². The number of carbonyl (C=O) groups excluding carboxylic acids is 1. The van der Waals surface area contributed by atoms with E-state index in [-0.39, 0.29) is 24.0 Å². The number of rotatable bonds is 2. The summed E-state index contributed by atoms with van der Waals surface area (Å²) in [4.78, 5) is 11.6. The van der Waals surface area contributed by atoms with Gasteiger partial charge >= 0.3 is 0 Å². The van der Waals surface area contributed by atoms with Crippen LogP contribution in [-0.2, 0) is 4.79 Å². The SMILES string of the molecule is CSC1=C(C#N)C(c2ccc(O)cc2)CC(=O)N1. The number of amides is 1. The molecule has 1 atom stereocenters. The Hall–Kier alpha value is -1.93. The van der Waals surface area contributed by atoms with Gasteiger partial charge in [0.05, 0.1) is 16.7 Å². The van der Waals surface area contributed by atoms with Crippen LogP contribution in [-0.4, -0.2) is 17.3 Å². The summed E-state index contributed by atoms with van der Waals surface area (Å²) in [5.74, 6) is -0.144. The van der Waals surface area contributed by atoms with Crippen LogP contribution >= 0.6 is 11.8 Å². The average molecular weight is 260 g/mol. The van der Waals surface area contributed by atoms with Gasteiger partial charge in [-0.1, -0.05) is 12.1 Å². The largest absolute Gasteiger partial charge is 0.508 e. The van der Waals surface area contributed by atoms with Crippen molar-refractivity contribution in [3.05, 3.63) is 40.4 Å². The first-order valence-electron chi connectivity index (χ1n) is 5.42. The summed E-state index contributed by atoms with van der Waals surface area (Å²) in [5, 5.41) is 21.8. The molecule has 1 aromatic rings. The van der Waals surface area contributed by atoms with Crippen molar-refractivity contribution in [1.29, 1.82) is 5.26 Å². The number of phenolic OH excluding ortho intramolecular Hbond substituents is 1. The Labute approximate surface area is 109 Å². The van der Waals surface area contributed by atoms with Gasteiger partial charge in [-0.3, -0.25) is 4.79 Å². The zero-order chi connectivity index (χ0) is 13.1.